The first kappa shape index (κ1) is 15.7. The zero-order chi connectivity index (χ0) is 16.2. The second-order valence-electron chi connectivity index (χ2n) is 5.42. The second-order valence-corrected chi connectivity index (χ2v) is 6.53. The Hall–Kier alpha value is -2.14. The number of carbonyl (C=O) groups is 2. The molecular weight excluding hydrogens is 310 g/mol. The largest absolute Gasteiger partial charge is 0.462 e. The molecule has 0 radical (unpaired) electrons. The van der Waals surface area contributed by atoms with Gasteiger partial charge >= 0.3 is 5.97 Å². The smallest absolute Gasteiger partial charge is 0.341 e. The molecule has 1 aromatic heterocycles. The zero-order valence-corrected chi connectivity index (χ0v) is 13.9. The van der Waals surface area contributed by atoms with Crippen LogP contribution in [0.3, 0.4) is 0 Å². The fourth-order valence-corrected chi connectivity index (χ4v) is 4.11. The molecule has 3 rings (SSSR count). The first-order valence-corrected chi connectivity index (χ1v) is 8.66. The standard InChI is InChI=1S/C18H19NO3S/c1-2-22-18(21)16-13-9-6-10-15(13)23-17(16)19-11-14(20)12-7-4-3-5-8-12/h3-5,7-8,19H,2,6,9-11H2,1H3. The van der Waals surface area contributed by atoms with E-state index in [4.69, 9.17) is 4.74 Å². The second kappa shape index (κ2) is 6.96. The van der Waals surface area contributed by atoms with Crippen molar-refractivity contribution in [3.8, 4) is 0 Å². The van der Waals surface area contributed by atoms with Gasteiger partial charge in [-0.05, 0) is 31.7 Å². The SMILES string of the molecule is CCOC(=O)c1c(NCC(=O)c2ccccc2)sc2c1CCC2. The lowest BCUT2D eigenvalue weighted by Gasteiger charge is -2.08. The number of nitrogens with one attached hydrogen (secondary N) is 1. The molecular formula is C18H19NO3S. The third-order valence-corrected chi connectivity index (χ3v) is 5.16. The molecule has 2 aromatic rings. The van der Waals surface area contributed by atoms with Crippen LogP contribution in [0.25, 0.3) is 0 Å². The zero-order valence-electron chi connectivity index (χ0n) is 13.1. The van der Waals surface area contributed by atoms with E-state index < -0.39 is 0 Å². The number of hydrogen-bond acceptors (Lipinski definition) is 5. The van der Waals surface area contributed by atoms with Crippen LogP contribution in [0.15, 0.2) is 30.3 Å². The Morgan fingerprint density at radius 1 is 1.22 bits per heavy atom. The predicted octanol–water partition coefficient (Wildman–Crippen LogP) is 3.71. The Morgan fingerprint density at radius 2 is 2.00 bits per heavy atom. The van der Waals surface area contributed by atoms with E-state index in [0.717, 1.165) is 29.8 Å². The Morgan fingerprint density at radius 3 is 2.74 bits per heavy atom. The summed E-state index contributed by atoms with van der Waals surface area (Å²) in [6, 6.07) is 9.16. The molecule has 1 aromatic carbocycles. The van der Waals surface area contributed by atoms with Crippen LogP contribution in [0.4, 0.5) is 5.00 Å². The summed E-state index contributed by atoms with van der Waals surface area (Å²) in [5, 5.41) is 3.91. The Balaban J connectivity index is 1.78. The van der Waals surface area contributed by atoms with E-state index in [-0.39, 0.29) is 18.3 Å². The van der Waals surface area contributed by atoms with Crippen molar-refractivity contribution in [2.24, 2.45) is 0 Å². The molecule has 120 valence electrons. The van der Waals surface area contributed by atoms with E-state index in [1.54, 1.807) is 30.4 Å². The summed E-state index contributed by atoms with van der Waals surface area (Å²) >= 11 is 1.58. The summed E-state index contributed by atoms with van der Waals surface area (Å²) in [5.74, 6) is -0.282. The van der Waals surface area contributed by atoms with Crippen molar-refractivity contribution in [1.29, 1.82) is 0 Å². The number of aryl methyl sites for hydroxylation is 1. The van der Waals surface area contributed by atoms with Gasteiger partial charge in [0.15, 0.2) is 5.78 Å². The van der Waals surface area contributed by atoms with Crippen LogP contribution in [0.5, 0.6) is 0 Å². The molecule has 0 atom stereocenters. The highest BCUT2D eigenvalue weighted by molar-refractivity contribution is 7.16. The van der Waals surface area contributed by atoms with Gasteiger partial charge in [-0.2, -0.15) is 0 Å². The molecule has 0 unspecified atom stereocenters. The van der Waals surface area contributed by atoms with Gasteiger partial charge in [-0.25, -0.2) is 4.79 Å². The van der Waals surface area contributed by atoms with E-state index in [1.807, 2.05) is 18.2 Å². The van der Waals surface area contributed by atoms with Crippen molar-refractivity contribution in [1.82, 2.24) is 0 Å². The van der Waals surface area contributed by atoms with Gasteiger partial charge in [0.25, 0.3) is 0 Å². The van der Waals surface area contributed by atoms with Gasteiger partial charge in [-0.1, -0.05) is 30.3 Å². The first-order valence-electron chi connectivity index (χ1n) is 7.84. The van der Waals surface area contributed by atoms with Crippen LogP contribution < -0.4 is 5.32 Å². The number of fused-ring (bicyclic) bond motifs is 1. The Bertz CT molecular complexity index is 721. The van der Waals surface area contributed by atoms with Crippen LogP contribution in [-0.2, 0) is 17.6 Å². The number of carbonyl (C=O) groups excluding carboxylic acids is 2. The average molecular weight is 329 g/mol. The van der Waals surface area contributed by atoms with Crippen molar-refractivity contribution in [3.05, 3.63) is 51.9 Å². The first-order chi connectivity index (χ1) is 11.2. The number of hydrogen-bond donors (Lipinski definition) is 1. The molecule has 0 amide bonds. The number of thiophene rings is 1. The van der Waals surface area contributed by atoms with Crippen molar-refractivity contribution in [2.75, 3.05) is 18.5 Å². The summed E-state index contributed by atoms with van der Waals surface area (Å²) in [6.45, 7) is 2.33. The lowest BCUT2D eigenvalue weighted by molar-refractivity contribution is 0.0526. The number of rotatable bonds is 6. The number of benzene rings is 1. The average Bonchev–Trinajstić information content (AvgIpc) is 3.14. The van der Waals surface area contributed by atoms with E-state index in [9.17, 15) is 9.59 Å². The molecule has 23 heavy (non-hydrogen) atoms. The highest BCUT2D eigenvalue weighted by atomic mass is 32.1. The highest BCUT2D eigenvalue weighted by Crippen LogP contribution is 2.39. The predicted molar refractivity (Wildman–Crippen MR) is 91.6 cm³/mol. The summed E-state index contributed by atoms with van der Waals surface area (Å²) in [7, 11) is 0. The number of ketones is 1. The van der Waals surface area contributed by atoms with Crippen molar-refractivity contribution < 1.29 is 14.3 Å². The number of Topliss-reactive ketones (excluding diaryl/α,β-unsaturated/α-hetero) is 1. The van der Waals surface area contributed by atoms with Crippen molar-refractivity contribution in [3.63, 3.8) is 0 Å². The Labute approximate surface area is 139 Å². The maximum atomic E-state index is 12.3. The van der Waals surface area contributed by atoms with Gasteiger partial charge < -0.3 is 10.1 Å². The van der Waals surface area contributed by atoms with Gasteiger partial charge in [-0.3, -0.25) is 4.79 Å². The molecule has 0 fully saturated rings. The van der Waals surface area contributed by atoms with E-state index >= 15 is 0 Å². The van der Waals surface area contributed by atoms with Crippen LogP contribution in [0, 0.1) is 0 Å². The molecule has 0 bridgehead atoms. The van der Waals surface area contributed by atoms with Gasteiger partial charge in [0.1, 0.15) is 5.00 Å². The van der Waals surface area contributed by atoms with Crippen LogP contribution in [0.1, 0.15) is 44.5 Å². The number of anilines is 1. The molecule has 0 saturated carbocycles. The maximum absolute atomic E-state index is 12.3. The van der Waals surface area contributed by atoms with Crippen LogP contribution in [0.2, 0.25) is 0 Å². The number of ether oxygens (including phenoxy) is 1. The van der Waals surface area contributed by atoms with E-state index in [2.05, 4.69) is 5.32 Å². The molecule has 5 heteroatoms. The minimum Gasteiger partial charge on any atom is -0.462 e. The summed E-state index contributed by atoms with van der Waals surface area (Å²) in [6.07, 6.45) is 2.99. The van der Waals surface area contributed by atoms with E-state index in [1.165, 1.54) is 4.88 Å². The van der Waals surface area contributed by atoms with Crippen LogP contribution >= 0.6 is 11.3 Å². The molecule has 4 nitrogen and oxygen atoms in total. The van der Waals surface area contributed by atoms with Gasteiger partial charge in [0, 0.05) is 10.4 Å². The molecule has 1 aliphatic carbocycles. The number of esters is 1. The molecule has 1 heterocycles. The molecule has 1 N–H and O–H groups in total. The lowest BCUT2D eigenvalue weighted by atomic mass is 10.1. The van der Waals surface area contributed by atoms with Gasteiger partial charge in [0.05, 0.1) is 18.7 Å². The fourth-order valence-electron chi connectivity index (χ4n) is 2.83. The maximum Gasteiger partial charge on any atom is 0.341 e. The lowest BCUT2D eigenvalue weighted by Crippen LogP contribution is -2.16. The molecule has 0 aliphatic heterocycles. The summed E-state index contributed by atoms with van der Waals surface area (Å²) in [4.78, 5) is 25.7. The van der Waals surface area contributed by atoms with Crippen molar-refractivity contribution in [2.45, 2.75) is 26.2 Å². The van der Waals surface area contributed by atoms with Crippen molar-refractivity contribution >= 4 is 28.1 Å². The minimum atomic E-state index is -0.290. The molecule has 0 spiro atoms. The van der Waals surface area contributed by atoms with Gasteiger partial charge in [-0.15, -0.1) is 11.3 Å². The summed E-state index contributed by atoms with van der Waals surface area (Å²) in [5.41, 5.74) is 2.40. The van der Waals surface area contributed by atoms with Crippen LogP contribution in [-0.4, -0.2) is 24.9 Å². The monoisotopic (exact) mass is 329 g/mol. The third-order valence-electron chi connectivity index (χ3n) is 3.91. The normalized spacial score (nSPS) is 12.7. The molecule has 1 aliphatic rings. The highest BCUT2D eigenvalue weighted by Gasteiger charge is 2.27. The minimum absolute atomic E-state index is 0.00830. The quantitative estimate of drug-likeness (QED) is 0.648. The molecule has 0 saturated heterocycles. The Kier molecular flexibility index (Phi) is 4.76. The topological polar surface area (TPSA) is 55.4 Å². The fraction of sp³-hybridized carbons (Fsp3) is 0.333. The van der Waals surface area contributed by atoms with E-state index in [0.29, 0.717) is 17.7 Å². The summed E-state index contributed by atoms with van der Waals surface area (Å²) < 4.78 is 5.19. The van der Waals surface area contributed by atoms with Gasteiger partial charge in [0.2, 0.25) is 0 Å². The third kappa shape index (κ3) is 3.29.